The van der Waals surface area contributed by atoms with Gasteiger partial charge in [0.2, 0.25) is 0 Å². The van der Waals surface area contributed by atoms with Crippen LogP contribution >= 0.6 is 0 Å². The Kier molecular flexibility index (Phi) is 4.87. The quantitative estimate of drug-likeness (QED) is 0.716. The van der Waals surface area contributed by atoms with E-state index in [-0.39, 0.29) is 0 Å². The van der Waals surface area contributed by atoms with Crippen molar-refractivity contribution in [2.75, 3.05) is 0 Å². The third-order valence-electron chi connectivity index (χ3n) is 4.75. The van der Waals surface area contributed by atoms with Crippen LogP contribution in [-0.4, -0.2) is 9.97 Å². The molecule has 0 radical (unpaired) electrons. The molecule has 0 aliphatic heterocycles. The third kappa shape index (κ3) is 3.73. The van der Waals surface area contributed by atoms with Crippen molar-refractivity contribution in [2.45, 2.75) is 58.8 Å². The maximum absolute atomic E-state index is 4.51. The number of hydrogen-bond acceptors (Lipinski definition) is 2. The molecular weight excluding hydrogens is 268 g/mol. The van der Waals surface area contributed by atoms with Gasteiger partial charge in [-0.3, -0.25) is 9.97 Å². The second-order valence-electron chi connectivity index (χ2n) is 6.72. The summed E-state index contributed by atoms with van der Waals surface area (Å²) in [6, 6.07) is 8.59. The molecule has 0 saturated heterocycles. The van der Waals surface area contributed by atoms with Crippen molar-refractivity contribution in [1.29, 1.82) is 0 Å². The highest BCUT2D eigenvalue weighted by Crippen LogP contribution is 2.22. The van der Waals surface area contributed by atoms with E-state index < -0.39 is 0 Å². The fraction of sp³-hybridized carbons (Fsp3) is 0.500. The van der Waals surface area contributed by atoms with Crippen molar-refractivity contribution in [2.24, 2.45) is 5.92 Å². The van der Waals surface area contributed by atoms with E-state index in [9.17, 15) is 0 Å². The van der Waals surface area contributed by atoms with Gasteiger partial charge in [0.05, 0.1) is 0 Å². The van der Waals surface area contributed by atoms with Gasteiger partial charge in [0, 0.05) is 23.3 Å². The highest BCUT2D eigenvalue weighted by atomic mass is 14.7. The number of hydrogen-bond donors (Lipinski definition) is 0. The zero-order valence-corrected chi connectivity index (χ0v) is 13.8. The predicted octanol–water partition coefficient (Wildman–Crippen LogP) is 4.48. The lowest BCUT2D eigenvalue weighted by Gasteiger charge is -2.19. The minimum Gasteiger partial charge on any atom is -0.261 e. The number of nitrogens with zero attached hydrogens (tertiary/aromatic N) is 2. The molecule has 116 valence electrons. The summed E-state index contributed by atoms with van der Waals surface area (Å²) in [4.78, 5) is 8.88. The van der Waals surface area contributed by atoms with Crippen molar-refractivity contribution in [3.63, 3.8) is 0 Å². The summed E-state index contributed by atoms with van der Waals surface area (Å²) in [6.07, 6.45) is 10.7. The molecule has 2 heterocycles. The summed E-state index contributed by atoms with van der Waals surface area (Å²) < 4.78 is 0. The fourth-order valence-corrected chi connectivity index (χ4v) is 3.41. The summed E-state index contributed by atoms with van der Waals surface area (Å²) in [5, 5.41) is 0. The SMILES string of the molecule is CC1CCc2cccnc2C1.Cc1ccc2c(n1)CCCC2. The van der Waals surface area contributed by atoms with Gasteiger partial charge in [-0.1, -0.05) is 19.1 Å². The number of aryl methyl sites for hydroxylation is 4. The van der Waals surface area contributed by atoms with Crippen LogP contribution in [0.3, 0.4) is 0 Å². The Morgan fingerprint density at radius 1 is 0.955 bits per heavy atom. The maximum atomic E-state index is 4.51. The summed E-state index contributed by atoms with van der Waals surface area (Å²) in [5.74, 6) is 0.831. The van der Waals surface area contributed by atoms with Gasteiger partial charge >= 0.3 is 0 Å². The van der Waals surface area contributed by atoms with Crippen molar-refractivity contribution >= 4 is 0 Å². The summed E-state index contributed by atoms with van der Waals surface area (Å²) in [7, 11) is 0. The van der Waals surface area contributed by atoms with Crippen LogP contribution in [0.4, 0.5) is 0 Å². The number of fused-ring (bicyclic) bond motifs is 2. The topological polar surface area (TPSA) is 25.8 Å². The predicted molar refractivity (Wildman–Crippen MR) is 91.0 cm³/mol. The monoisotopic (exact) mass is 294 g/mol. The minimum atomic E-state index is 0.831. The normalized spacial score (nSPS) is 19.5. The Morgan fingerprint density at radius 3 is 2.68 bits per heavy atom. The standard InChI is InChI=1S/2C10H13N/c1-8-4-5-9-3-2-6-11-10(9)7-8;1-8-6-7-9-4-2-3-5-10(9)11-8/h2-3,6,8H,4-5,7H2,1H3;6-7H,2-5H2,1H3. The molecule has 22 heavy (non-hydrogen) atoms. The van der Waals surface area contributed by atoms with E-state index in [0.29, 0.717) is 0 Å². The molecule has 0 N–H and O–H groups in total. The van der Waals surface area contributed by atoms with Gasteiger partial charge in [-0.2, -0.15) is 0 Å². The van der Waals surface area contributed by atoms with Crippen LogP contribution < -0.4 is 0 Å². The third-order valence-corrected chi connectivity index (χ3v) is 4.75. The van der Waals surface area contributed by atoms with Gasteiger partial charge < -0.3 is 0 Å². The average Bonchev–Trinajstić information content (AvgIpc) is 2.55. The smallest absolute Gasteiger partial charge is 0.0438 e. The van der Waals surface area contributed by atoms with Crippen LogP contribution in [0.25, 0.3) is 0 Å². The molecule has 2 nitrogen and oxygen atoms in total. The molecular formula is C20H26N2. The van der Waals surface area contributed by atoms with E-state index in [4.69, 9.17) is 0 Å². The van der Waals surface area contributed by atoms with E-state index in [0.717, 1.165) is 11.6 Å². The highest BCUT2D eigenvalue weighted by molar-refractivity contribution is 5.24. The second-order valence-corrected chi connectivity index (χ2v) is 6.72. The zero-order valence-electron chi connectivity index (χ0n) is 13.8. The van der Waals surface area contributed by atoms with Crippen LogP contribution in [0.1, 0.15) is 54.4 Å². The van der Waals surface area contributed by atoms with Crippen molar-refractivity contribution in [3.05, 3.63) is 58.7 Å². The van der Waals surface area contributed by atoms with E-state index in [2.05, 4.69) is 42.0 Å². The van der Waals surface area contributed by atoms with Crippen molar-refractivity contribution < 1.29 is 0 Å². The van der Waals surface area contributed by atoms with Gasteiger partial charge in [-0.15, -0.1) is 0 Å². The van der Waals surface area contributed by atoms with E-state index in [1.165, 1.54) is 67.5 Å². The van der Waals surface area contributed by atoms with Crippen LogP contribution in [0.15, 0.2) is 30.5 Å². The number of rotatable bonds is 0. The van der Waals surface area contributed by atoms with E-state index in [1.54, 1.807) is 0 Å². The first-order valence-corrected chi connectivity index (χ1v) is 8.60. The van der Waals surface area contributed by atoms with E-state index in [1.807, 2.05) is 12.3 Å². The van der Waals surface area contributed by atoms with Gasteiger partial charge in [-0.25, -0.2) is 0 Å². The van der Waals surface area contributed by atoms with Gasteiger partial charge in [0.1, 0.15) is 0 Å². The molecule has 4 rings (SSSR count). The summed E-state index contributed by atoms with van der Waals surface area (Å²) in [6.45, 7) is 4.37. The van der Waals surface area contributed by atoms with Gasteiger partial charge in [0.25, 0.3) is 0 Å². The minimum absolute atomic E-state index is 0.831. The molecule has 1 atom stereocenters. The molecule has 0 aromatic carbocycles. The number of aromatic nitrogens is 2. The summed E-state index contributed by atoms with van der Waals surface area (Å²) >= 11 is 0. The lowest BCUT2D eigenvalue weighted by atomic mass is 9.88. The Bertz CT molecular complexity index is 633. The summed E-state index contributed by atoms with van der Waals surface area (Å²) in [5.41, 5.74) is 6.76. The fourth-order valence-electron chi connectivity index (χ4n) is 3.41. The molecule has 2 aliphatic rings. The molecule has 0 fully saturated rings. The maximum Gasteiger partial charge on any atom is 0.0438 e. The molecule has 0 saturated carbocycles. The molecule has 1 unspecified atom stereocenters. The largest absolute Gasteiger partial charge is 0.261 e. The molecule has 0 bridgehead atoms. The molecule has 2 heteroatoms. The van der Waals surface area contributed by atoms with Crippen LogP contribution in [0.2, 0.25) is 0 Å². The van der Waals surface area contributed by atoms with Gasteiger partial charge in [0.15, 0.2) is 0 Å². The lowest BCUT2D eigenvalue weighted by Crippen LogP contribution is -2.12. The second kappa shape index (κ2) is 7.04. The molecule has 0 amide bonds. The highest BCUT2D eigenvalue weighted by Gasteiger charge is 2.14. The Labute approximate surface area is 134 Å². The molecule has 2 aliphatic carbocycles. The van der Waals surface area contributed by atoms with Crippen LogP contribution in [-0.2, 0) is 25.7 Å². The Hall–Kier alpha value is -1.70. The van der Waals surface area contributed by atoms with Crippen molar-refractivity contribution in [1.82, 2.24) is 9.97 Å². The van der Waals surface area contributed by atoms with Crippen LogP contribution in [0.5, 0.6) is 0 Å². The van der Waals surface area contributed by atoms with E-state index >= 15 is 0 Å². The zero-order chi connectivity index (χ0) is 15.4. The van der Waals surface area contributed by atoms with Gasteiger partial charge in [-0.05, 0) is 81.0 Å². The first-order valence-electron chi connectivity index (χ1n) is 8.60. The average molecular weight is 294 g/mol. The van der Waals surface area contributed by atoms with Crippen LogP contribution in [0, 0.1) is 12.8 Å². The van der Waals surface area contributed by atoms with Crippen molar-refractivity contribution in [3.8, 4) is 0 Å². The lowest BCUT2D eigenvalue weighted by molar-refractivity contribution is 0.492. The first kappa shape index (κ1) is 15.2. The molecule has 0 spiro atoms. The number of pyridine rings is 2. The molecule has 2 aromatic heterocycles. The molecule has 2 aromatic rings. The Balaban J connectivity index is 0.000000131. The Morgan fingerprint density at radius 2 is 1.77 bits per heavy atom. The first-order chi connectivity index (χ1) is 10.7.